The molecule has 1 N–H and O–H groups in total. The summed E-state index contributed by atoms with van der Waals surface area (Å²) in [5, 5.41) is 9.66. The van der Waals surface area contributed by atoms with E-state index in [4.69, 9.17) is 0 Å². The molecule has 0 radical (unpaired) electrons. The summed E-state index contributed by atoms with van der Waals surface area (Å²) in [7, 11) is 0. The van der Waals surface area contributed by atoms with Crippen molar-refractivity contribution in [3.8, 4) is 0 Å². The molecule has 0 amide bonds. The maximum atomic E-state index is 11.7. The van der Waals surface area contributed by atoms with Gasteiger partial charge in [-0.05, 0) is 56.9 Å². The Morgan fingerprint density at radius 3 is 2.43 bits per heavy atom. The van der Waals surface area contributed by atoms with Gasteiger partial charge in [-0.3, -0.25) is 9.69 Å². The highest BCUT2D eigenvalue weighted by atomic mass is 16.4. The third-order valence-electron chi connectivity index (χ3n) is 5.89. The minimum absolute atomic E-state index is 0.163. The molecule has 2 aliphatic rings. The van der Waals surface area contributed by atoms with Crippen LogP contribution >= 0.6 is 0 Å². The molecule has 3 nitrogen and oxygen atoms in total. The Morgan fingerprint density at radius 2 is 1.81 bits per heavy atom. The number of aliphatic carboxylic acids is 1. The van der Waals surface area contributed by atoms with Crippen molar-refractivity contribution in [3.05, 3.63) is 0 Å². The molecule has 0 aromatic heterocycles. The van der Waals surface area contributed by atoms with Gasteiger partial charge in [0, 0.05) is 12.1 Å². The number of likely N-dealkylation sites (tertiary alicyclic amines) is 1. The average molecular weight is 295 g/mol. The van der Waals surface area contributed by atoms with Crippen LogP contribution < -0.4 is 0 Å². The number of nitrogens with zero attached hydrogens (tertiary/aromatic N) is 1. The van der Waals surface area contributed by atoms with Gasteiger partial charge < -0.3 is 5.11 Å². The van der Waals surface area contributed by atoms with E-state index in [0.717, 1.165) is 25.8 Å². The molecular weight excluding hydrogens is 262 g/mol. The molecule has 1 aliphatic heterocycles. The van der Waals surface area contributed by atoms with E-state index in [9.17, 15) is 9.90 Å². The molecule has 4 atom stereocenters. The third kappa shape index (κ3) is 4.00. The first-order chi connectivity index (χ1) is 9.80. The Balaban J connectivity index is 2.18. The fourth-order valence-electron chi connectivity index (χ4n) is 4.38. The molecule has 1 saturated heterocycles. The number of carboxylic acids is 1. The molecule has 2 fully saturated rings. The van der Waals surface area contributed by atoms with Crippen LogP contribution in [0.4, 0.5) is 0 Å². The minimum atomic E-state index is -0.580. The van der Waals surface area contributed by atoms with E-state index in [0.29, 0.717) is 12.0 Å². The van der Waals surface area contributed by atoms with E-state index in [2.05, 4.69) is 32.6 Å². The lowest BCUT2D eigenvalue weighted by atomic mass is 9.67. The lowest BCUT2D eigenvalue weighted by Crippen LogP contribution is -2.51. The largest absolute Gasteiger partial charge is 0.481 e. The number of hydrogen-bond donors (Lipinski definition) is 1. The number of hydrogen-bond acceptors (Lipinski definition) is 2. The third-order valence-corrected chi connectivity index (χ3v) is 5.89. The van der Waals surface area contributed by atoms with Crippen molar-refractivity contribution < 1.29 is 9.90 Å². The summed E-state index contributed by atoms with van der Waals surface area (Å²) in [6, 6.07) is 0.784. The van der Waals surface area contributed by atoms with E-state index in [-0.39, 0.29) is 17.4 Å². The van der Waals surface area contributed by atoms with Gasteiger partial charge in [0.1, 0.15) is 0 Å². The van der Waals surface area contributed by atoms with Crippen LogP contribution in [0.2, 0.25) is 0 Å². The molecule has 4 unspecified atom stereocenters. The molecule has 21 heavy (non-hydrogen) atoms. The van der Waals surface area contributed by atoms with Crippen molar-refractivity contribution in [3.63, 3.8) is 0 Å². The predicted molar refractivity (Wildman–Crippen MR) is 86.3 cm³/mol. The number of carbonyl (C=O) groups is 1. The molecule has 1 aliphatic carbocycles. The second kappa shape index (κ2) is 6.68. The Bertz CT molecular complexity index is 361. The molecule has 0 aromatic rings. The van der Waals surface area contributed by atoms with E-state index in [1.165, 1.54) is 25.7 Å². The van der Waals surface area contributed by atoms with E-state index >= 15 is 0 Å². The summed E-state index contributed by atoms with van der Waals surface area (Å²) < 4.78 is 0. The van der Waals surface area contributed by atoms with Gasteiger partial charge in [0.05, 0.1) is 5.92 Å². The van der Waals surface area contributed by atoms with Gasteiger partial charge in [-0.1, -0.05) is 33.6 Å². The Labute approximate surface area is 130 Å². The molecule has 1 saturated carbocycles. The highest BCUT2D eigenvalue weighted by molar-refractivity contribution is 5.71. The highest BCUT2D eigenvalue weighted by Crippen LogP contribution is 2.42. The molecule has 2 rings (SSSR count). The first-order valence-electron chi connectivity index (χ1n) is 8.79. The van der Waals surface area contributed by atoms with Gasteiger partial charge in [-0.15, -0.1) is 0 Å². The highest BCUT2D eigenvalue weighted by Gasteiger charge is 2.42. The van der Waals surface area contributed by atoms with Crippen LogP contribution in [0, 0.1) is 17.3 Å². The molecule has 0 spiro atoms. The van der Waals surface area contributed by atoms with Crippen molar-refractivity contribution in [2.45, 2.75) is 84.7 Å². The van der Waals surface area contributed by atoms with Crippen LogP contribution in [0.5, 0.6) is 0 Å². The number of carboxylic acid groups (broad SMARTS) is 1. The summed E-state index contributed by atoms with van der Waals surface area (Å²) in [5.41, 5.74) is 0.289. The van der Waals surface area contributed by atoms with E-state index in [1.807, 2.05) is 0 Å². The zero-order valence-corrected chi connectivity index (χ0v) is 14.3. The van der Waals surface area contributed by atoms with Gasteiger partial charge in [0.2, 0.25) is 0 Å². The van der Waals surface area contributed by atoms with Gasteiger partial charge in [-0.2, -0.15) is 0 Å². The monoisotopic (exact) mass is 295 g/mol. The molecule has 3 heteroatoms. The maximum Gasteiger partial charge on any atom is 0.308 e. The van der Waals surface area contributed by atoms with Gasteiger partial charge >= 0.3 is 5.97 Å². The van der Waals surface area contributed by atoms with E-state index in [1.54, 1.807) is 0 Å². The average Bonchev–Trinajstić information content (AvgIpc) is 2.61. The quantitative estimate of drug-likeness (QED) is 0.831. The number of rotatable bonds is 2. The molecular formula is C18H33NO2. The van der Waals surface area contributed by atoms with Gasteiger partial charge in [0.25, 0.3) is 0 Å². The second-order valence-corrected chi connectivity index (χ2v) is 8.32. The van der Waals surface area contributed by atoms with E-state index < -0.39 is 5.97 Å². The molecule has 1 heterocycles. The molecule has 0 aromatic carbocycles. The SMILES string of the molecule is CC1CCCCCN1C1CC(C(C)(C)C)CCC1C(=O)O. The van der Waals surface area contributed by atoms with Crippen molar-refractivity contribution in [2.75, 3.05) is 6.54 Å². The van der Waals surface area contributed by atoms with Crippen molar-refractivity contribution in [1.82, 2.24) is 4.90 Å². The minimum Gasteiger partial charge on any atom is -0.481 e. The lowest BCUT2D eigenvalue weighted by molar-refractivity contribution is -0.147. The van der Waals surface area contributed by atoms with Gasteiger partial charge in [0.15, 0.2) is 0 Å². The summed E-state index contributed by atoms with van der Waals surface area (Å²) in [4.78, 5) is 14.3. The standard InChI is InChI=1S/C18H33NO2/c1-13-8-6-5-7-11-19(13)16-12-14(18(2,3)4)9-10-15(16)17(20)21/h13-16H,5-12H2,1-4H3,(H,20,21). The maximum absolute atomic E-state index is 11.7. The smallest absolute Gasteiger partial charge is 0.308 e. The van der Waals surface area contributed by atoms with Crippen LogP contribution in [-0.4, -0.2) is 34.6 Å². The zero-order valence-electron chi connectivity index (χ0n) is 14.3. The Morgan fingerprint density at radius 1 is 1.10 bits per heavy atom. The lowest BCUT2D eigenvalue weighted by Gasteiger charge is -2.46. The molecule has 122 valence electrons. The first kappa shape index (κ1) is 16.8. The summed E-state index contributed by atoms with van der Waals surface area (Å²) in [6.07, 6.45) is 8.03. The first-order valence-corrected chi connectivity index (χ1v) is 8.79. The predicted octanol–water partition coefficient (Wildman–Crippen LogP) is 4.17. The van der Waals surface area contributed by atoms with Crippen LogP contribution in [0.3, 0.4) is 0 Å². The van der Waals surface area contributed by atoms with Crippen molar-refractivity contribution in [2.24, 2.45) is 17.3 Å². The van der Waals surface area contributed by atoms with Gasteiger partial charge in [-0.25, -0.2) is 0 Å². The van der Waals surface area contributed by atoms with Crippen LogP contribution in [0.25, 0.3) is 0 Å². The van der Waals surface area contributed by atoms with Crippen molar-refractivity contribution >= 4 is 5.97 Å². The fraction of sp³-hybridized carbons (Fsp3) is 0.944. The summed E-state index contributed by atoms with van der Waals surface area (Å²) >= 11 is 0. The van der Waals surface area contributed by atoms with Crippen LogP contribution in [0.1, 0.15) is 72.6 Å². The topological polar surface area (TPSA) is 40.5 Å². The summed E-state index contributed by atoms with van der Waals surface area (Å²) in [6.45, 7) is 10.3. The molecule has 0 bridgehead atoms. The summed E-state index contributed by atoms with van der Waals surface area (Å²) in [5.74, 6) is -0.0958. The van der Waals surface area contributed by atoms with Crippen LogP contribution in [0.15, 0.2) is 0 Å². The normalized spacial score (nSPS) is 36.2. The zero-order chi connectivity index (χ0) is 15.6. The second-order valence-electron chi connectivity index (χ2n) is 8.32. The Kier molecular flexibility index (Phi) is 5.34. The Hall–Kier alpha value is -0.570. The van der Waals surface area contributed by atoms with Crippen LogP contribution in [-0.2, 0) is 4.79 Å². The van der Waals surface area contributed by atoms with Crippen molar-refractivity contribution in [1.29, 1.82) is 0 Å². The fourth-order valence-corrected chi connectivity index (χ4v) is 4.38.